The molecule has 0 radical (unpaired) electrons. The van der Waals surface area contributed by atoms with Gasteiger partial charge in [-0.05, 0) is 80.7 Å². The Bertz CT molecular complexity index is 1680. The van der Waals surface area contributed by atoms with Crippen LogP contribution < -0.4 is 15.0 Å². The molecule has 1 heterocycles. The van der Waals surface area contributed by atoms with Gasteiger partial charge in [0.05, 0.1) is 33.8 Å². The molecule has 3 aromatic carbocycles. The van der Waals surface area contributed by atoms with E-state index in [1.54, 1.807) is 30.5 Å². The second-order valence-electron chi connectivity index (χ2n) is 9.85. The Morgan fingerprint density at radius 2 is 1.75 bits per heavy atom. The van der Waals surface area contributed by atoms with E-state index in [-0.39, 0.29) is 17.7 Å². The highest BCUT2D eigenvalue weighted by molar-refractivity contribution is 9.13. The SMILES string of the molecule is CCOc1cc(C=Nn2c(C(C)(C)C)nc3ccc(Br)cc3c2=O)c(Br)c(Br)c1OCc1ccc(C(=O)O)cc1. The number of hydrogen-bond donors (Lipinski definition) is 1. The molecule has 0 saturated carbocycles. The number of carbonyl (C=O) groups is 1. The monoisotopic (exact) mass is 733 g/mol. The summed E-state index contributed by atoms with van der Waals surface area (Å²) in [6.45, 7) is 8.39. The average Bonchev–Trinajstić information content (AvgIpc) is 2.90. The number of hydrogen-bond acceptors (Lipinski definition) is 6. The van der Waals surface area contributed by atoms with Crippen molar-refractivity contribution in [3.63, 3.8) is 0 Å². The molecule has 8 nitrogen and oxygen atoms in total. The summed E-state index contributed by atoms with van der Waals surface area (Å²) in [5.74, 6) is 0.486. The molecule has 0 saturated heterocycles. The predicted molar refractivity (Wildman–Crippen MR) is 166 cm³/mol. The second-order valence-corrected chi connectivity index (χ2v) is 12.4. The standard InChI is InChI=1S/C29H26Br3N3O5/c1-5-39-22-12-18(23(31)24(32)25(22)40-15-16-6-8-17(9-7-16)27(37)38)14-33-35-26(36)20-13-19(30)10-11-21(20)34-28(35)29(2,3)4/h6-14H,5,15H2,1-4H3,(H,37,38). The minimum Gasteiger partial charge on any atom is -0.490 e. The zero-order valence-corrected chi connectivity index (χ0v) is 26.9. The summed E-state index contributed by atoms with van der Waals surface area (Å²) in [5, 5.41) is 14.2. The van der Waals surface area contributed by atoms with Gasteiger partial charge in [0.15, 0.2) is 11.5 Å². The molecule has 208 valence electrons. The van der Waals surface area contributed by atoms with Crippen molar-refractivity contribution < 1.29 is 19.4 Å². The molecule has 0 aliphatic rings. The lowest BCUT2D eigenvalue weighted by Crippen LogP contribution is -2.29. The number of nitrogens with zero attached hydrogens (tertiary/aromatic N) is 3. The van der Waals surface area contributed by atoms with Crippen LogP contribution in [0.1, 0.15) is 55.0 Å². The molecule has 11 heteroatoms. The molecule has 0 amide bonds. The Balaban J connectivity index is 1.74. The van der Waals surface area contributed by atoms with Gasteiger partial charge in [-0.25, -0.2) is 9.78 Å². The average molecular weight is 736 g/mol. The lowest BCUT2D eigenvalue weighted by Gasteiger charge is -2.21. The lowest BCUT2D eigenvalue weighted by molar-refractivity contribution is 0.0697. The van der Waals surface area contributed by atoms with Crippen LogP contribution in [-0.2, 0) is 12.0 Å². The number of halogens is 3. The smallest absolute Gasteiger partial charge is 0.335 e. The van der Waals surface area contributed by atoms with Crippen molar-refractivity contribution >= 4 is 70.9 Å². The van der Waals surface area contributed by atoms with E-state index in [2.05, 4.69) is 52.9 Å². The fourth-order valence-electron chi connectivity index (χ4n) is 3.86. The summed E-state index contributed by atoms with van der Waals surface area (Å²) in [5.41, 5.74) is 1.52. The maximum absolute atomic E-state index is 13.5. The molecule has 4 aromatic rings. The van der Waals surface area contributed by atoms with Gasteiger partial charge in [0.25, 0.3) is 5.56 Å². The summed E-state index contributed by atoms with van der Waals surface area (Å²) < 4.78 is 15.3. The maximum Gasteiger partial charge on any atom is 0.335 e. The van der Waals surface area contributed by atoms with Gasteiger partial charge in [-0.1, -0.05) is 48.8 Å². The van der Waals surface area contributed by atoms with E-state index in [1.807, 2.05) is 39.8 Å². The zero-order chi connectivity index (χ0) is 29.2. The molecule has 4 rings (SSSR count). The Hall–Kier alpha value is -3.02. The quantitative estimate of drug-likeness (QED) is 0.188. The van der Waals surface area contributed by atoms with Crippen molar-refractivity contribution in [3.05, 3.63) is 94.8 Å². The van der Waals surface area contributed by atoms with Crippen LogP contribution in [0.2, 0.25) is 0 Å². The van der Waals surface area contributed by atoms with Crippen molar-refractivity contribution in [2.24, 2.45) is 5.10 Å². The molecule has 40 heavy (non-hydrogen) atoms. The van der Waals surface area contributed by atoms with E-state index in [0.717, 1.165) is 10.0 Å². The van der Waals surface area contributed by atoms with E-state index < -0.39 is 11.4 Å². The Kier molecular flexibility index (Phi) is 9.16. The summed E-state index contributed by atoms with van der Waals surface area (Å²) in [4.78, 5) is 29.4. The first-order valence-electron chi connectivity index (χ1n) is 12.3. The van der Waals surface area contributed by atoms with Crippen molar-refractivity contribution in [1.29, 1.82) is 0 Å². The Labute approximate surface area is 256 Å². The van der Waals surface area contributed by atoms with Crippen molar-refractivity contribution in [3.8, 4) is 11.5 Å². The largest absolute Gasteiger partial charge is 0.490 e. The molecule has 0 unspecified atom stereocenters. The van der Waals surface area contributed by atoms with Crippen LogP contribution in [0, 0.1) is 0 Å². The first-order valence-corrected chi connectivity index (χ1v) is 14.7. The molecule has 1 aromatic heterocycles. The topological polar surface area (TPSA) is 103 Å². The molecule has 0 atom stereocenters. The number of carboxylic acid groups (broad SMARTS) is 1. The number of aromatic carboxylic acids is 1. The van der Waals surface area contributed by atoms with Gasteiger partial charge in [-0.2, -0.15) is 9.78 Å². The fourth-order valence-corrected chi connectivity index (χ4v) is 5.15. The van der Waals surface area contributed by atoms with Gasteiger partial charge >= 0.3 is 5.97 Å². The van der Waals surface area contributed by atoms with Gasteiger partial charge in [0.2, 0.25) is 0 Å². The van der Waals surface area contributed by atoms with E-state index >= 15 is 0 Å². The number of carboxylic acids is 1. The van der Waals surface area contributed by atoms with Crippen LogP contribution in [0.5, 0.6) is 11.5 Å². The van der Waals surface area contributed by atoms with Gasteiger partial charge < -0.3 is 14.6 Å². The van der Waals surface area contributed by atoms with Gasteiger partial charge in [-0.3, -0.25) is 4.79 Å². The van der Waals surface area contributed by atoms with Crippen molar-refractivity contribution in [1.82, 2.24) is 9.66 Å². The zero-order valence-electron chi connectivity index (χ0n) is 22.2. The van der Waals surface area contributed by atoms with E-state index in [0.29, 0.717) is 49.3 Å². The number of aromatic nitrogens is 2. The lowest BCUT2D eigenvalue weighted by atomic mass is 9.95. The summed E-state index contributed by atoms with van der Waals surface area (Å²) in [6.07, 6.45) is 1.58. The molecular formula is C29H26Br3N3O5. The van der Waals surface area contributed by atoms with Crippen LogP contribution in [0.4, 0.5) is 0 Å². The van der Waals surface area contributed by atoms with Gasteiger partial charge in [0, 0.05) is 19.9 Å². The van der Waals surface area contributed by atoms with Crippen LogP contribution in [0.3, 0.4) is 0 Å². The molecule has 1 N–H and O–H groups in total. The number of rotatable bonds is 8. The maximum atomic E-state index is 13.5. The first kappa shape index (κ1) is 30.0. The Morgan fingerprint density at radius 3 is 2.38 bits per heavy atom. The van der Waals surface area contributed by atoms with Crippen molar-refractivity contribution in [2.45, 2.75) is 39.7 Å². The minimum atomic E-state index is -0.987. The minimum absolute atomic E-state index is 0.196. The number of ether oxygens (including phenoxy) is 2. The molecule has 0 aliphatic carbocycles. The van der Waals surface area contributed by atoms with Gasteiger partial charge in [0.1, 0.15) is 12.4 Å². The number of benzene rings is 3. The van der Waals surface area contributed by atoms with Gasteiger partial charge in [-0.15, -0.1) is 0 Å². The third-order valence-electron chi connectivity index (χ3n) is 5.83. The summed E-state index contributed by atoms with van der Waals surface area (Å²) in [7, 11) is 0. The van der Waals surface area contributed by atoms with E-state index in [9.17, 15) is 9.59 Å². The van der Waals surface area contributed by atoms with Crippen LogP contribution in [-0.4, -0.2) is 33.6 Å². The second kappa shape index (κ2) is 12.2. The number of fused-ring (bicyclic) bond motifs is 1. The fraction of sp³-hybridized carbons (Fsp3) is 0.241. The van der Waals surface area contributed by atoms with Crippen molar-refractivity contribution in [2.75, 3.05) is 6.61 Å². The van der Waals surface area contributed by atoms with Crippen LogP contribution >= 0.6 is 47.8 Å². The molecule has 0 aliphatic heterocycles. The molecular weight excluding hydrogens is 710 g/mol. The van der Waals surface area contributed by atoms with E-state index in [1.165, 1.54) is 16.8 Å². The normalized spacial score (nSPS) is 11.8. The third kappa shape index (κ3) is 6.47. The first-order chi connectivity index (χ1) is 18.9. The molecule has 0 bridgehead atoms. The predicted octanol–water partition coefficient (Wildman–Crippen LogP) is 7.54. The van der Waals surface area contributed by atoms with E-state index in [4.69, 9.17) is 19.6 Å². The summed E-state index contributed by atoms with van der Waals surface area (Å²) >= 11 is 10.7. The Morgan fingerprint density at radius 1 is 1.05 bits per heavy atom. The van der Waals surface area contributed by atoms with Crippen LogP contribution in [0.15, 0.2) is 71.8 Å². The third-order valence-corrected chi connectivity index (χ3v) is 8.47. The van der Waals surface area contributed by atoms with Crippen LogP contribution in [0.25, 0.3) is 10.9 Å². The highest BCUT2D eigenvalue weighted by Gasteiger charge is 2.23. The highest BCUT2D eigenvalue weighted by atomic mass is 79.9. The molecule has 0 fully saturated rings. The molecule has 0 spiro atoms. The highest BCUT2D eigenvalue weighted by Crippen LogP contribution is 2.43. The summed E-state index contributed by atoms with van der Waals surface area (Å²) in [6, 6.07) is 13.6.